The number of pyridine rings is 1. The molecule has 76 valence electrons. The smallest absolute Gasteiger partial charge is 0.145 e. The quantitative estimate of drug-likeness (QED) is 0.743. The highest BCUT2D eigenvalue weighted by Crippen LogP contribution is 2.14. The summed E-state index contributed by atoms with van der Waals surface area (Å²) in [5.74, 6) is 2.13. The van der Waals surface area contributed by atoms with E-state index in [-0.39, 0.29) is 5.82 Å². The topological polar surface area (TPSA) is 16.1 Å². The SMILES string of the molecule is Fc1cnccc1CN1CCSCC1. The predicted octanol–water partition coefficient (Wildman–Crippen LogP) is 1.77. The van der Waals surface area contributed by atoms with Gasteiger partial charge in [-0.3, -0.25) is 9.88 Å². The third kappa shape index (κ3) is 2.45. The van der Waals surface area contributed by atoms with E-state index in [1.807, 2.05) is 11.8 Å². The molecule has 1 fully saturated rings. The van der Waals surface area contributed by atoms with Crippen molar-refractivity contribution in [3.8, 4) is 0 Å². The van der Waals surface area contributed by atoms with Gasteiger partial charge >= 0.3 is 0 Å². The molecule has 2 rings (SSSR count). The Balaban J connectivity index is 1.99. The molecule has 0 N–H and O–H groups in total. The van der Waals surface area contributed by atoms with Crippen LogP contribution >= 0.6 is 11.8 Å². The normalized spacial score (nSPS) is 18.4. The molecule has 2 nitrogen and oxygen atoms in total. The molecular weight excluding hydrogens is 199 g/mol. The summed E-state index contributed by atoms with van der Waals surface area (Å²) in [5.41, 5.74) is 0.756. The minimum absolute atomic E-state index is 0.189. The number of hydrogen-bond acceptors (Lipinski definition) is 3. The van der Waals surface area contributed by atoms with Crippen molar-refractivity contribution in [2.24, 2.45) is 0 Å². The predicted molar refractivity (Wildman–Crippen MR) is 56.8 cm³/mol. The van der Waals surface area contributed by atoms with E-state index in [9.17, 15) is 4.39 Å². The van der Waals surface area contributed by atoms with Crippen LogP contribution < -0.4 is 0 Å². The van der Waals surface area contributed by atoms with E-state index >= 15 is 0 Å². The third-order valence-electron chi connectivity index (χ3n) is 2.35. The van der Waals surface area contributed by atoms with E-state index in [0.717, 1.165) is 36.7 Å². The first-order chi connectivity index (χ1) is 6.86. The zero-order valence-corrected chi connectivity index (χ0v) is 8.76. The Kier molecular flexibility index (Phi) is 3.37. The molecular formula is C10H13FN2S. The summed E-state index contributed by atoms with van der Waals surface area (Å²) < 4.78 is 13.3. The van der Waals surface area contributed by atoms with Crippen LogP contribution in [-0.2, 0) is 6.54 Å². The van der Waals surface area contributed by atoms with Gasteiger partial charge in [-0.05, 0) is 6.07 Å². The molecule has 0 spiro atoms. The van der Waals surface area contributed by atoms with Crippen molar-refractivity contribution >= 4 is 11.8 Å². The molecule has 0 bridgehead atoms. The molecule has 4 heteroatoms. The summed E-state index contributed by atoms with van der Waals surface area (Å²) in [6.45, 7) is 2.84. The van der Waals surface area contributed by atoms with Gasteiger partial charge in [0, 0.05) is 42.9 Å². The van der Waals surface area contributed by atoms with Crippen LogP contribution in [0.3, 0.4) is 0 Å². The van der Waals surface area contributed by atoms with Gasteiger partial charge in [0.05, 0.1) is 6.20 Å². The van der Waals surface area contributed by atoms with E-state index in [0.29, 0.717) is 0 Å². The average Bonchev–Trinajstić information content (AvgIpc) is 2.23. The Labute approximate surface area is 87.5 Å². The number of halogens is 1. The van der Waals surface area contributed by atoms with Crippen molar-refractivity contribution in [1.82, 2.24) is 9.88 Å². The largest absolute Gasteiger partial charge is 0.297 e. The Bertz CT molecular complexity index is 300. The summed E-state index contributed by atoms with van der Waals surface area (Å²) in [6.07, 6.45) is 2.94. The molecule has 1 aromatic heterocycles. The van der Waals surface area contributed by atoms with Gasteiger partial charge < -0.3 is 0 Å². The lowest BCUT2D eigenvalue weighted by Crippen LogP contribution is -2.32. The molecule has 14 heavy (non-hydrogen) atoms. The second-order valence-electron chi connectivity index (χ2n) is 3.36. The molecule has 0 atom stereocenters. The molecule has 0 saturated carbocycles. The standard InChI is InChI=1S/C10H13FN2S/c11-10-7-12-2-1-9(10)8-13-3-5-14-6-4-13/h1-2,7H,3-6,8H2. The van der Waals surface area contributed by atoms with Gasteiger partial charge in [-0.25, -0.2) is 4.39 Å². The molecule has 0 aliphatic carbocycles. The highest BCUT2D eigenvalue weighted by molar-refractivity contribution is 7.99. The molecule has 1 saturated heterocycles. The lowest BCUT2D eigenvalue weighted by Gasteiger charge is -2.26. The van der Waals surface area contributed by atoms with Crippen molar-refractivity contribution in [2.45, 2.75) is 6.54 Å². The van der Waals surface area contributed by atoms with Crippen LogP contribution in [0.25, 0.3) is 0 Å². The van der Waals surface area contributed by atoms with Gasteiger partial charge in [0.1, 0.15) is 5.82 Å². The number of hydrogen-bond donors (Lipinski definition) is 0. The van der Waals surface area contributed by atoms with Crippen molar-refractivity contribution in [2.75, 3.05) is 24.6 Å². The highest BCUT2D eigenvalue weighted by Gasteiger charge is 2.12. The van der Waals surface area contributed by atoms with Crippen molar-refractivity contribution in [3.05, 3.63) is 29.8 Å². The van der Waals surface area contributed by atoms with E-state index in [4.69, 9.17) is 0 Å². The van der Waals surface area contributed by atoms with Gasteiger partial charge in [-0.2, -0.15) is 11.8 Å². The molecule has 0 amide bonds. The number of rotatable bonds is 2. The molecule has 0 unspecified atom stereocenters. The third-order valence-corrected chi connectivity index (χ3v) is 3.30. The zero-order valence-electron chi connectivity index (χ0n) is 7.95. The summed E-state index contributed by atoms with van der Waals surface area (Å²) >= 11 is 1.97. The van der Waals surface area contributed by atoms with E-state index < -0.39 is 0 Å². The van der Waals surface area contributed by atoms with Crippen LogP contribution in [0.15, 0.2) is 18.5 Å². The number of thioether (sulfide) groups is 1. The van der Waals surface area contributed by atoms with Gasteiger partial charge in [0.15, 0.2) is 0 Å². The van der Waals surface area contributed by atoms with E-state index in [1.54, 1.807) is 12.3 Å². The first-order valence-electron chi connectivity index (χ1n) is 4.75. The molecule has 1 aliphatic rings. The van der Waals surface area contributed by atoms with Crippen LogP contribution in [-0.4, -0.2) is 34.5 Å². The fraction of sp³-hybridized carbons (Fsp3) is 0.500. The minimum Gasteiger partial charge on any atom is -0.297 e. The number of aromatic nitrogens is 1. The molecule has 2 heterocycles. The highest BCUT2D eigenvalue weighted by atomic mass is 32.2. The van der Waals surface area contributed by atoms with Crippen LogP contribution in [0.1, 0.15) is 5.56 Å². The summed E-state index contributed by atoms with van der Waals surface area (Å²) in [4.78, 5) is 6.03. The first-order valence-corrected chi connectivity index (χ1v) is 5.90. The fourth-order valence-corrected chi connectivity index (χ4v) is 2.51. The summed E-state index contributed by atoms with van der Waals surface area (Å²) in [7, 11) is 0. The van der Waals surface area contributed by atoms with Crippen molar-refractivity contribution in [1.29, 1.82) is 0 Å². The summed E-state index contributed by atoms with van der Waals surface area (Å²) in [5, 5.41) is 0. The summed E-state index contributed by atoms with van der Waals surface area (Å²) in [6, 6.07) is 1.76. The Morgan fingerprint density at radius 1 is 1.43 bits per heavy atom. The number of nitrogens with zero attached hydrogens (tertiary/aromatic N) is 2. The van der Waals surface area contributed by atoms with Crippen LogP contribution in [0, 0.1) is 5.82 Å². The van der Waals surface area contributed by atoms with Crippen LogP contribution in [0.4, 0.5) is 4.39 Å². The van der Waals surface area contributed by atoms with Gasteiger partial charge in [0.2, 0.25) is 0 Å². The van der Waals surface area contributed by atoms with Gasteiger partial charge in [-0.15, -0.1) is 0 Å². The molecule has 0 radical (unpaired) electrons. The Hall–Kier alpha value is -0.610. The van der Waals surface area contributed by atoms with Crippen molar-refractivity contribution in [3.63, 3.8) is 0 Å². The molecule has 1 aliphatic heterocycles. The minimum atomic E-state index is -0.189. The second-order valence-corrected chi connectivity index (χ2v) is 4.58. The Morgan fingerprint density at radius 2 is 2.21 bits per heavy atom. The second kappa shape index (κ2) is 4.75. The average molecular weight is 212 g/mol. The first kappa shape index (κ1) is 9.93. The van der Waals surface area contributed by atoms with E-state index in [1.165, 1.54) is 6.20 Å². The zero-order chi connectivity index (χ0) is 9.80. The molecule has 0 aromatic carbocycles. The maximum atomic E-state index is 13.3. The maximum Gasteiger partial charge on any atom is 0.145 e. The Morgan fingerprint density at radius 3 is 2.93 bits per heavy atom. The van der Waals surface area contributed by atoms with Gasteiger partial charge in [-0.1, -0.05) is 0 Å². The van der Waals surface area contributed by atoms with E-state index in [2.05, 4.69) is 9.88 Å². The fourth-order valence-electron chi connectivity index (χ4n) is 1.53. The monoisotopic (exact) mass is 212 g/mol. The molecule has 1 aromatic rings. The lowest BCUT2D eigenvalue weighted by atomic mass is 10.2. The van der Waals surface area contributed by atoms with Crippen LogP contribution in [0.2, 0.25) is 0 Å². The van der Waals surface area contributed by atoms with Gasteiger partial charge in [0.25, 0.3) is 0 Å². The van der Waals surface area contributed by atoms with Crippen molar-refractivity contribution < 1.29 is 4.39 Å². The van der Waals surface area contributed by atoms with Crippen LogP contribution in [0.5, 0.6) is 0 Å². The lowest BCUT2D eigenvalue weighted by molar-refractivity contribution is 0.290. The maximum absolute atomic E-state index is 13.3.